The van der Waals surface area contributed by atoms with E-state index in [0.29, 0.717) is 5.75 Å². The third kappa shape index (κ3) is 1.75. The first-order valence-electron chi connectivity index (χ1n) is 3.92. The molecule has 1 atom stereocenters. The molecule has 0 spiro atoms. The van der Waals surface area contributed by atoms with Crippen LogP contribution in [0.4, 0.5) is 4.39 Å². The number of aliphatic hydroxyl groups excluding tert-OH is 1. The number of hydrogen-bond acceptors (Lipinski definition) is 2. The second kappa shape index (κ2) is 3.59. The van der Waals surface area contributed by atoms with Crippen molar-refractivity contribution in [2.75, 3.05) is 5.75 Å². The molecule has 0 aromatic heterocycles. The van der Waals surface area contributed by atoms with E-state index in [1.165, 1.54) is 12.1 Å². The normalized spacial score (nSPS) is 21.3. The molecule has 1 N–H and O–H groups in total. The number of rotatable bonds is 0. The molecule has 2 rings (SSSR count). The van der Waals surface area contributed by atoms with E-state index in [2.05, 4.69) is 15.9 Å². The Morgan fingerprint density at radius 2 is 2.31 bits per heavy atom. The molecule has 0 bridgehead atoms. The zero-order valence-corrected chi connectivity index (χ0v) is 9.16. The van der Waals surface area contributed by atoms with E-state index < -0.39 is 6.10 Å². The highest BCUT2D eigenvalue weighted by Gasteiger charge is 2.21. The van der Waals surface area contributed by atoms with Crippen LogP contribution in [0.3, 0.4) is 0 Å². The van der Waals surface area contributed by atoms with Crippen LogP contribution >= 0.6 is 27.7 Å². The molecular weight excluding hydrogens is 255 g/mol. The molecule has 1 aliphatic heterocycles. The van der Waals surface area contributed by atoms with E-state index in [1.807, 2.05) is 0 Å². The molecule has 1 nitrogen and oxygen atoms in total. The molecule has 4 heteroatoms. The Kier molecular flexibility index (Phi) is 2.62. The van der Waals surface area contributed by atoms with Crippen LogP contribution in [0.15, 0.2) is 16.6 Å². The lowest BCUT2D eigenvalue weighted by atomic mass is 10.0. The zero-order valence-electron chi connectivity index (χ0n) is 6.76. The van der Waals surface area contributed by atoms with Gasteiger partial charge in [-0.2, -0.15) is 11.8 Å². The molecule has 13 heavy (non-hydrogen) atoms. The molecule has 1 aliphatic rings. The summed E-state index contributed by atoms with van der Waals surface area (Å²) in [6, 6.07) is 2.86. The Morgan fingerprint density at radius 3 is 3.08 bits per heavy atom. The Bertz CT molecular complexity index is 343. The van der Waals surface area contributed by atoms with Crippen LogP contribution in [-0.2, 0) is 5.75 Å². The number of aliphatic hydroxyl groups is 1. The first-order chi connectivity index (χ1) is 6.18. The monoisotopic (exact) mass is 262 g/mol. The van der Waals surface area contributed by atoms with E-state index in [4.69, 9.17) is 0 Å². The molecular formula is C9H8BrFOS. The minimum Gasteiger partial charge on any atom is -0.388 e. The van der Waals surface area contributed by atoms with E-state index >= 15 is 0 Å². The molecule has 0 saturated heterocycles. The third-order valence-corrected chi connectivity index (χ3v) is 3.83. The van der Waals surface area contributed by atoms with Gasteiger partial charge in [-0.25, -0.2) is 4.39 Å². The standard InChI is InChI=1S/C9H8BrFOS/c10-8-2-5(11)1-6-7(8)3-13-4-9(6)12/h1-2,9,12H,3-4H2/t9-/m0/s1. The summed E-state index contributed by atoms with van der Waals surface area (Å²) in [6.07, 6.45) is -0.527. The third-order valence-electron chi connectivity index (χ3n) is 2.08. The number of halogens is 2. The Morgan fingerprint density at radius 1 is 1.54 bits per heavy atom. The average Bonchev–Trinajstić information content (AvgIpc) is 2.07. The fourth-order valence-corrected chi connectivity index (χ4v) is 3.26. The molecule has 0 amide bonds. The minimum atomic E-state index is -0.527. The molecule has 0 unspecified atom stereocenters. The maximum absolute atomic E-state index is 13.0. The SMILES string of the molecule is O[C@H]1CSCc2c(Br)cc(F)cc21. The lowest BCUT2D eigenvalue weighted by Gasteiger charge is -2.21. The van der Waals surface area contributed by atoms with Crippen molar-refractivity contribution in [2.45, 2.75) is 11.9 Å². The van der Waals surface area contributed by atoms with Gasteiger partial charge in [0.25, 0.3) is 0 Å². The lowest BCUT2D eigenvalue weighted by molar-refractivity contribution is 0.201. The van der Waals surface area contributed by atoms with Gasteiger partial charge in [0.15, 0.2) is 0 Å². The van der Waals surface area contributed by atoms with Crippen LogP contribution in [0.1, 0.15) is 17.2 Å². The smallest absolute Gasteiger partial charge is 0.124 e. The summed E-state index contributed by atoms with van der Waals surface area (Å²) in [4.78, 5) is 0. The predicted molar refractivity (Wildman–Crippen MR) is 55.2 cm³/mol. The van der Waals surface area contributed by atoms with Gasteiger partial charge < -0.3 is 5.11 Å². The second-order valence-corrected chi connectivity index (χ2v) is 4.87. The quantitative estimate of drug-likeness (QED) is 0.776. The van der Waals surface area contributed by atoms with Gasteiger partial charge in [0, 0.05) is 16.0 Å². The zero-order chi connectivity index (χ0) is 9.42. The van der Waals surface area contributed by atoms with Gasteiger partial charge in [-0.1, -0.05) is 15.9 Å². The number of hydrogen-bond donors (Lipinski definition) is 1. The molecule has 0 saturated carbocycles. The average molecular weight is 263 g/mol. The Labute approximate surface area is 88.5 Å². The largest absolute Gasteiger partial charge is 0.388 e. The van der Waals surface area contributed by atoms with Crippen molar-refractivity contribution in [3.8, 4) is 0 Å². The number of thioether (sulfide) groups is 1. The summed E-state index contributed by atoms with van der Waals surface area (Å²) < 4.78 is 13.7. The fourth-order valence-electron chi connectivity index (χ4n) is 1.44. The maximum Gasteiger partial charge on any atom is 0.124 e. The van der Waals surface area contributed by atoms with Gasteiger partial charge >= 0.3 is 0 Å². The topological polar surface area (TPSA) is 20.2 Å². The first kappa shape index (κ1) is 9.49. The summed E-state index contributed by atoms with van der Waals surface area (Å²) in [5.41, 5.74) is 1.75. The molecule has 1 aromatic carbocycles. The molecule has 1 aromatic rings. The summed E-state index contributed by atoms with van der Waals surface area (Å²) in [5.74, 6) is 1.20. The van der Waals surface area contributed by atoms with Crippen LogP contribution in [0, 0.1) is 5.82 Å². The maximum atomic E-state index is 13.0. The van der Waals surface area contributed by atoms with E-state index in [0.717, 1.165) is 21.4 Å². The van der Waals surface area contributed by atoms with Crippen LogP contribution < -0.4 is 0 Å². The van der Waals surface area contributed by atoms with Crippen molar-refractivity contribution in [3.63, 3.8) is 0 Å². The molecule has 0 aliphatic carbocycles. The highest BCUT2D eigenvalue weighted by Crippen LogP contribution is 2.36. The van der Waals surface area contributed by atoms with Crippen molar-refractivity contribution in [3.05, 3.63) is 33.5 Å². The first-order valence-corrected chi connectivity index (χ1v) is 5.87. The van der Waals surface area contributed by atoms with Crippen LogP contribution in [-0.4, -0.2) is 10.9 Å². The summed E-state index contributed by atoms with van der Waals surface area (Å²) in [7, 11) is 0. The highest BCUT2D eigenvalue weighted by molar-refractivity contribution is 9.10. The molecule has 0 radical (unpaired) electrons. The van der Waals surface area contributed by atoms with E-state index in [-0.39, 0.29) is 5.82 Å². The van der Waals surface area contributed by atoms with Crippen molar-refractivity contribution < 1.29 is 9.50 Å². The van der Waals surface area contributed by atoms with Gasteiger partial charge in [0.2, 0.25) is 0 Å². The second-order valence-electron chi connectivity index (χ2n) is 2.99. The van der Waals surface area contributed by atoms with Gasteiger partial charge in [0.1, 0.15) is 5.82 Å². The predicted octanol–water partition coefficient (Wildman–Crippen LogP) is 2.87. The van der Waals surface area contributed by atoms with E-state index in [9.17, 15) is 9.50 Å². The lowest BCUT2D eigenvalue weighted by Crippen LogP contribution is -2.10. The van der Waals surface area contributed by atoms with Gasteiger partial charge in [-0.3, -0.25) is 0 Å². The van der Waals surface area contributed by atoms with Crippen LogP contribution in [0.5, 0.6) is 0 Å². The van der Waals surface area contributed by atoms with Gasteiger partial charge in [-0.05, 0) is 23.3 Å². The van der Waals surface area contributed by atoms with E-state index in [1.54, 1.807) is 11.8 Å². The summed E-state index contributed by atoms with van der Waals surface area (Å²) in [5, 5.41) is 9.60. The van der Waals surface area contributed by atoms with Crippen molar-refractivity contribution >= 4 is 27.7 Å². The molecule has 1 heterocycles. The van der Waals surface area contributed by atoms with Crippen molar-refractivity contribution in [1.29, 1.82) is 0 Å². The fraction of sp³-hybridized carbons (Fsp3) is 0.333. The van der Waals surface area contributed by atoms with Gasteiger partial charge in [-0.15, -0.1) is 0 Å². The minimum absolute atomic E-state index is 0.295. The summed E-state index contributed by atoms with van der Waals surface area (Å²) in [6.45, 7) is 0. The summed E-state index contributed by atoms with van der Waals surface area (Å²) >= 11 is 4.96. The van der Waals surface area contributed by atoms with Crippen LogP contribution in [0.2, 0.25) is 0 Å². The van der Waals surface area contributed by atoms with Gasteiger partial charge in [0.05, 0.1) is 6.10 Å². The Balaban J connectivity index is 2.56. The number of fused-ring (bicyclic) bond motifs is 1. The highest BCUT2D eigenvalue weighted by atomic mass is 79.9. The Hall–Kier alpha value is -0.0600. The van der Waals surface area contributed by atoms with Crippen LogP contribution in [0.25, 0.3) is 0 Å². The van der Waals surface area contributed by atoms with Crippen molar-refractivity contribution in [2.24, 2.45) is 0 Å². The molecule has 0 fully saturated rings. The van der Waals surface area contributed by atoms with Crippen molar-refractivity contribution in [1.82, 2.24) is 0 Å². The number of benzene rings is 1. The molecule has 70 valence electrons.